The average molecular weight is 591 g/mol. The number of amides is 1. The van der Waals surface area contributed by atoms with Crippen molar-refractivity contribution >= 4 is 33.5 Å². The van der Waals surface area contributed by atoms with Crippen LogP contribution in [0.1, 0.15) is 29.7 Å². The van der Waals surface area contributed by atoms with Gasteiger partial charge in [0.2, 0.25) is 5.95 Å². The highest BCUT2D eigenvalue weighted by molar-refractivity contribution is 9.10. The van der Waals surface area contributed by atoms with Gasteiger partial charge in [-0.3, -0.25) is 4.79 Å². The topological polar surface area (TPSA) is 112 Å². The van der Waals surface area contributed by atoms with E-state index in [1.165, 1.54) is 5.56 Å². The second-order valence-electron chi connectivity index (χ2n) is 8.98. The first kappa shape index (κ1) is 26.2. The number of anilines is 2. The van der Waals surface area contributed by atoms with Gasteiger partial charge in [-0.05, 0) is 75.6 Å². The quantitative estimate of drug-likeness (QED) is 0.285. The average Bonchev–Trinajstić information content (AvgIpc) is 3.40. The van der Waals surface area contributed by atoms with Gasteiger partial charge >= 0.3 is 0 Å². The van der Waals surface area contributed by atoms with Crippen LogP contribution in [0, 0.1) is 6.92 Å². The molecule has 1 unspecified atom stereocenters. The number of para-hydroxylation sites is 2. The third-order valence-corrected chi connectivity index (χ3v) is 6.97. The summed E-state index contributed by atoms with van der Waals surface area (Å²) in [6.45, 7) is 4.22. The molecule has 11 heteroatoms. The first-order valence-electron chi connectivity index (χ1n) is 12.2. The van der Waals surface area contributed by atoms with Crippen molar-refractivity contribution in [2.24, 2.45) is 0 Å². The fraction of sp³-hybridized carbons (Fsp3) is 0.214. The monoisotopic (exact) mass is 590 g/mol. The lowest BCUT2D eigenvalue weighted by Crippen LogP contribution is -2.31. The third kappa shape index (κ3) is 5.30. The van der Waals surface area contributed by atoms with Crippen molar-refractivity contribution in [2.45, 2.75) is 26.5 Å². The number of benzene rings is 3. The number of fused-ring (bicyclic) bond motifs is 1. The molecule has 39 heavy (non-hydrogen) atoms. The van der Waals surface area contributed by atoms with Crippen molar-refractivity contribution in [2.75, 3.05) is 24.9 Å². The predicted molar refractivity (Wildman–Crippen MR) is 150 cm³/mol. The molecule has 10 nitrogen and oxygen atoms in total. The van der Waals surface area contributed by atoms with Gasteiger partial charge in [-0.1, -0.05) is 47.1 Å². The predicted octanol–water partition coefficient (Wildman–Crippen LogP) is 5.27. The maximum atomic E-state index is 13.7. The third-order valence-electron chi connectivity index (χ3n) is 6.39. The number of carbonyl (C=O) groups excluding carboxylic acids is 1. The van der Waals surface area contributed by atoms with E-state index in [1.807, 2.05) is 62.4 Å². The van der Waals surface area contributed by atoms with E-state index in [2.05, 4.69) is 42.1 Å². The van der Waals surface area contributed by atoms with E-state index in [1.54, 1.807) is 31.0 Å². The molecule has 0 saturated carbocycles. The van der Waals surface area contributed by atoms with Crippen molar-refractivity contribution in [3.05, 3.63) is 93.1 Å². The van der Waals surface area contributed by atoms with E-state index in [9.17, 15) is 4.79 Å². The molecule has 3 aromatic carbocycles. The molecule has 4 aromatic rings. The standard InChI is InChI=1S/C28H27BrN6O4/c1-16-9-11-18(12-10-16)15-39-26-20(29)13-19(14-23(26)38-4)25-24(17(2)30-28-32-33-34-35(25)28)27(36)31-21-7-5-6-8-22(21)37-3/h5-14,25H,15H2,1-4H3,(H,31,36)(H,30,32,34). The smallest absolute Gasteiger partial charge is 0.255 e. The van der Waals surface area contributed by atoms with Crippen molar-refractivity contribution in [1.82, 2.24) is 20.2 Å². The van der Waals surface area contributed by atoms with Gasteiger partial charge in [0.15, 0.2) is 11.5 Å². The number of hydrogen-bond donors (Lipinski definition) is 2. The van der Waals surface area contributed by atoms with Crippen LogP contribution < -0.4 is 24.8 Å². The Morgan fingerprint density at radius 2 is 1.79 bits per heavy atom. The number of carbonyl (C=O) groups is 1. The zero-order valence-corrected chi connectivity index (χ0v) is 23.4. The Kier molecular flexibility index (Phi) is 7.51. The molecule has 0 radical (unpaired) electrons. The van der Waals surface area contributed by atoms with Crippen LogP contribution in [0.5, 0.6) is 17.2 Å². The van der Waals surface area contributed by atoms with Gasteiger partial charge in [0.05, 0.1) is 30.0 Å². The number of halogens is 1. The molecule has 0 saturated heterocycles. The van der Waals surface area contributed by atoms with Crippen molar-refractivity contribution in [3.63, 3.8) is 0 Å². The molecule has 0 fully saturated rings. The molecule has 1 amide bonds. The van der Waals surface area contributed by atoms with Crippen molar-refractivity contribution in [1.29, 1.82) is 0 Å². The van der Waals surface area contributed by atoms with E-state index in [-0.39, 0.29) is 5.91 Å². The van der Waals surface area contributed by atoms with Gasteiger partial charge in [-0.2, -0.15) is 4.68 Å². The number of nitrogens with zero attached hydrogens (tertiary/aromatic N) is 4. The minimum Gasteiger partial charge on any atom is -0.495 e. The number of aryl methyl sites for hydroxylation is 1. The molecule has 2 heterocycles. The number of nitrogens with one attached hydrogen (secondary N) is 2. The van der Waals surface area contributed by atoms with E-state index in [0.29, 0.717) is 51.2 Å². The Bertz CT molecular complexity index is 1550. The van der Waals surface area contributed by atoms with Crippen LogP contribution in [0.25, 0.3) is 0 Å². The summed E-state index contributed by atoms with van der Waals surface area (Å²) in [6.07, 6.45) is 0. The van der Waals surface area contributed by atoms with Crippen LogP contribution in [0.15, 0.2) is 76.4 Å². The van der Waals surface area contributed by atoms with E-state index < -0.39 is 6.04 Å². The van der Waals surface area contributed by atoms with Crippen LogP contribution in [0.4, 0.5) is 11.6 Å². The molecule has 1 aliphatic heterocycles. The number of ether oxygens (including phenoxy) is 3. The maximum absolute atomic E-state index is 13.7. The van der Waals surface area contributed by atoms with E-state index in [0.717, 1.165) is 11.1 Å². The highest BCUT2D eigenvalue weighted by atomic mass is 79.9. The molecule has 5 rings (SSSR count). The van der Waals surface area contributed by atoms with Gasteiger partial charge in [0.1, 0.15) is 18.4 Å². The highest BCUT2D eigenvalue weighted by Gasteiger charge is 2.35. The van der Waals surface area contributed by atoms with Crippen LogP contribution >= 0.6 is 15.9 Å². The Labute approximate surface area is 234 Å². The molecular weight excluding hydrogens is 564 g/mol. The summed E-state index contributed by atoms with van der Waals surface area (Å²) in [7, 11) is 3.13. The number of hydrogen-bond acceptors (Lipinski definition) is 8. The van der Waals surface area contributed by atoms with Gasteiger partial charge in [0.25, 0.3) is 5.91 Å². The van der Waals surface area contributed by atoms with Gasteiger partial charge < -0.3 is 24.8 Å². The van der Waals surface area contributed by atoms with Crippen LogP contribution in [0.3, 0.4) is 0 Å². The minimum absolute atomic E-state index is 0.328. The zero-order valence-electron chi connectivity index (χ0n) is 21.9. The molecule has 200 valence electrons. The summed E-state index contributed by atoms with van der Waals surface area (Å²) >= 11 is 3.65. The van der Waals surface area contributed by atoms with Gasteiger partial charge in [-0.15, -0.1) is 0 Å². The SMILES string of the molecule is COc1ccccc1NC(=O)C1=C(C)Nc2nnnn2C1c1cc(Br)c(OCc2ccc(C)cc2)c(OC)c1. The van der Waals surface area contributed by atoms with Crippen molar-refractivity contribution < 1.29 is 19.0 Å². The minimum atomic E-state index is -0.651. The first-order valence-corrected chi connectivity index (χ1v) is 12.9. The van der Waals surface area contributed by atoms with Crippen molar-refractivity contribution in [3.8, 4) is 17.2 Å². The number of rotatable bonds is 8. The van der Waals surface area contributed by atoms with Crippen LogP contribution in [-0.4, -0.2) is 40.3 Å². The van der Waals surface area contributed by atoms with Gasteiger partial charge in [-0.25, -0.2) is 0 Å². The maximum Gasteiger partial charge on any atom is 0.255 e. The van der Waals surface area contributed by atoms with Crippen LogP contribution in [-0.2, 0) is 11.4 Å². The lowest BCUT2D eigenvalue weighted by Gasteiger charge is -2.28. The second-order valence-corrected chi connectivity index (χ2v) is 9.83. The Hall–Kier alpha value is -4.38. The van der Waals surface area contributed by atoms with Gasteiger partial charge in [0, 0.05) is 5.70 Å². The molecule has 0 spiro atoms. The fourth-order valence-electron chi connectivity index (χ4n) is 4.43. The van der Waals surface area contributed by atoms with Crippen LogP contribution in [0.2, 0.25) is 0 Å². The second kappa shape index (κ2) is 11.2. The largest absolute Gasteiger partial charge is 0.495 e. The molecule has 0 aliphatic carbocycles. The summed E-state index contributed by atoms with van der Waals surface area (Å²) in [5.74, 6) is 1.69. The summed E-state index contributed by atoms with van der Waals surface area (Å²) < 4.78 is 19.5. The highest BCUT2D eigenvalue weighted by Crippen LogP contribution is 2.43. The number of tetrazole rings is 1. The first-order chi connectivity index (χ1) is 18.9. The normalized spacial score (nSPS) is 14.3. The number of methoxy groups -OCH3 is 2. The Morgan fingerprint density at radius 1 is 1.05 bits per heavy atom. The Balaban J connectivity index is 1.51. The lowest BCUT2D eigenvalue weighted by atomic mass is 9.94. The summed E-state index contributed by atoms with van der Waals surface area (Å²) in [5, 5.41) is 18.2. The number of aromatic nitrogens is 4. The molecule has 1 aromatic heterocycles. The molecular formula is C28H27BrN6O4. The summed E-state index contributed by atoms with van der Waals surface area (Å²) in [4.78, 5) is 13.7. The molecule has 2 N–H and O–H groups in total. The Morgan fingerprint density at radius 3 is 2.54 bits per heavy atom. The molecule has 1 aliphatic rings. The molecule has 0 bridgehead atoms. The van der Waals surface area contributed by atoms with E-state index >= 15 is 0 Å². The lowest BCUT2D eigenvalue weighted by molar-refractivity contribution is -0.113. The number of allylic oxidation sites excluding steroid dienone is 1. The summed E-state index contributed by atoms with van der Waals surface area (Å²) in [6, 6.07) is 18.4. The summed E-state index contributed by atoms with van der Waals surface area (Å²) in [5.41, 5.74) is 4.53. The fourth-order valence-corrected chi connectivity index (χ4v) is 5.00. The van der Waals surface area contributed by atoms with E-state index in [4.69, 9.17) is 14.2 Å². The zero-order chi connectivity index (χ0) is 27.5. The molecule has 1 atom stereocenters.